The van der Waals surface area contributed by atoms with Crippen LogP contribution in [0.1, 0.15) is 49.3 Å². The van der Waals surface area contributed by atoms with Gasteiger partial charge in [0.1, 0.15) is 11.5 Å². The molecule has 12 nitrogen and oxygen atoms in total. The van der Waals surface area contributed by atoms with Crippen LogP contribution in [0.4, 0.5) is 0 Å². The van der Waals surface area contributed by atoms with Crippen molar-refractivity contribution in [1.29, 1.82) is 0 Å². The van der Waals surface area contributed by atoms with Crippen LogP contribution in [-0.2, 0) is 74.7 Å². The van der Waals surface area contributed by atoms with Crippen molar-refractivity contribution in [2.45, 2.75) is 32.0 Å². The lowest BCUT2D eigenvalue weighted by Crippen LogP contribution is -2.30. The van der Waals surface area contributed by atoms with Gasteiger partial charge in [-0.3, -0.25) is 0 Å². The molecule has 0 radical (unpaired) electrons. The third-order valence-electron chi connectivity index (χ3n) is 8.38. The summed E-state index contributed by atoms with van der Waals surface area (Å²) in [6, 6.07) is 14.4. The van der Waals surface area contributed by atoms with Gasteiger partial charge in [-0.05, 0) is 30.3 Å². The third kappa shape index (κ3) is 7.82. The quantitative estimate of drug-likeness (QED) is 0.385. The zero-order valence-electron chi connectivity index (χ0n) is 26.9. The largest absolute Gasteiger partial charge is 0.507 e. The van der Waals surface area contributed by atoms with Gasteiger partial charge in [-0.2, -0.15) is 0 Å². The van der Waals surface area contributed by atoms with Crippen molar-refractivity contribution in [3.8, 4) is 11.5 Å². The maximum absolute atomic E-state index is 13.6. The van der Waals surface area contributed by atoms with Gasteiger partial charge < -0.3 is 52.8 Å². The van der Waals surface area contributed by atoms with Gasteiger partial charge in [0.2, 0.25) is 0 Å². The Morgan fingerprint density at radius 1 is 0.479 bits per heavy atom. The first kappa shape index (κ1) is 34.3. The molecule has 12 heteroatoms. The van der Waals surface area contributed by atoms with E-state index in [4.69, 9.17) is 42.6 Å². The second kappa shape index (κ2) is 16.7. The average Bonchev–Trinajstić information content (AvgIpc) is 3.40. The predicted octanol–water partition coefficient (Wildman–Crippen LogP) is 3.72. The molecule has 3 aromatic rings. The summed E-state index contributed by atoms with van der Waals surface area (Å²) in [4.78, 5) is 13.6. The molecule has 48 heavy (non-hydrogen) atoms. The Bertz CT molecular complexity index is 1390. The topological polar surface area (TPSA) is 141 Å². The number of phenols is 2. The fourth-order valence-corrected chi connectivity index (χ4v) is 6.02. The van der Waals surface area contributed by atoms with Crippen LogP contribution >= 0.6 is 0 Å². The van der Waals surface area contributed by atoms with Crippen LogP contribution in [0, 0.1) is 0 Å². The Hall–Kier alpha value is -3.59. The maximum atomic E-state index is 13.6. The first-order valence-corrected chi connectivity index (χ1v) is 16.2. The van der Waals surface area contributed by atoms with Gasteiger partial charge in [-0.1, -0.05) is 18.2 Å². The van der Waals surface area contributed by atoms with Gasteiger partial charge >= 0.3 is 5.97 Å². The predicted molar refractivity (Wildman–Crippen MR) is 170 cm³/mol. The Kier molecular flexibility index (Phi) is 11.9. The van der Waals surface area contributed by atoms with Gasteiger partial charge in [-0.25, -0.2) is 4.79 Å². The van der Waals surface area contributed by atoms with Gasteiger partial charge in [0.05, 0.1) is 111 Å². The van der Waals surface area contributed by atoms with E-state index in [2.05, 4.69) is 0 Å². The molecule has 3 aliphatic rings. The normalized spacial score (nSPS) is 20.3. The maximum Gasteiger partial charge on any atom is 0.340 e. The van der Waals surface area contributed by atoms with Crippen molar-refractivity contribution in [2.75, 3.05) is 79.3 Å². The number of esters is 1. The average molecular weight is 667 g/mol. The van der Waals surface area contributed by atoms with Crippen molar-refractivity contribution >= 4 is 5.97 Å². The lowest BCUT2D eigenvalue weighted by Gasteiger charge is -2.32. The molecule has 3 aromatic carbocycles. The van der Waals surface area contributed by atoms with E-state index in [-0.39, 0.29) is 37.9 Å². The van der Waals surface area contributed by atoms with Crippen molar-refractivity contribution in [1.82, 2.24) is 0 Å². The highest BCUT2D eigenvalue weighted by Gasteiger charge is 2.49. The second-order valence-electron chi connectivity index (χ2n) is 11.6. The number of rotatable bonds is 2. The zero-order valence-corrected chi connectivity index (χ0v) is 26.9. The van der Waals surface area contributed by atoms with Crippen LogP contribution < -0.4 is 0 Å². The van der Waals surface area contributed by atoms with E-state index in [0.717, 1.165) is 0 Å². The molecular formula is C36H42O12. The molecule has 6 rings (SSSR count). The molecule has 4 bridgehead atoms. The lowest BCUT2D eigenvalue weighted by molar-refractivity contribution is -0.00523. The minimum absolute atomic E-state index is 0.0268. The first-order valence-electron chi connectivity index (χ1n) is 16.2. The third-order valence-corrected chi connectivity index (χ3v) is 8.38. The van der Waals surface area contributed by atoms with Crippen LogP contribution in [0.25, 0.3) is 0 Å². The van der Waals surface area contributed by atoms with Gasteiger partial charge in [-0.15, -0.1) is 0 Å². The van der Waals surface area contributed by atoms with E-state index in [0.29, 0.717) is 124 Å². The summed E-state index contributed by atoms with van der Waals surface area (Å²) in [6.45, 7) is 4.75. The molecule has 0 unspecified atom stereocenters. The standard InChI is InChI=1S/C36H42O12/c37-33-25-17-29(18-26(33)22-45-14-10-41-6-5-40-9-13-44-21-25)36(32-4-2-1-3-31(32)35(39)48-36)30-19-27-23-46-15-11-42-7-8-43-12-16-47-24-28(20-30)34(27)38/h1-4,17-20,37-38H,5-16,21-24H2. The summed E-state index contributed by atoms with van der Waals surface area (Å²) in [6.07, 6.45) is 0. The minimum Gasteiger partial charge on any atom is -0.507 e. The number of benzene rings is 3. The summed E-state index contributed by atoms with van der Waals surface area (Å²) < 4.78 is 52.4. The number of fused-ring (bicyclic) bond motifs is 5. The molecule has 2 N–H and O–H groups in total. The molecule has 0 fully saturated rings. The van der Waals surface area contributed by atoms with Crippen LogP contribution in [0.15, 0.2) is 48.5 Å². The number of ether oxygens (including phenoxy) is 9. The van der Waals surface area contributed by atoms with Gasteiger partial charge in [0.15, 0.2) is 5.60 Å². The van der Waals surface area contributed by atoms with E-state index < -0.39 is 11.6 Å². The van der Waals surface area contributed by atoms with E-state index in [1.807, 2.05) is 12.1 Å². The number of hydrogen-bond donors (Lipinski definition) is 2. The highest BCUT2D eigenvalue weighted by molar-refractivity contribution is 5.96. The van der Waals surface area contributed by atoms with E-state index in [1.54, 1.807) is 36.4 Å². The SMILES string of the molecule is O=C1OC(c2cc3c(O)c(c2)COCCOCCOCCOC3)(c2cc3c(O)c(c2)COCCOCCOCCOC3)c2ccccc21. The number of phenolic OH excluding ortho intramolecular Hbond substituents is 2. The number of carbonyl (C=O) groups is 1. The van der Waals surface area contributed by atoms with Crippen molar-refractivity contribution < 1.29 is 57.6 Å². The molecule has 0 saturated carbocycles. The van der Waals surface area contributed by atoms with Crippen molar-refractivity contribution in [3.05, 3.63) is 93.0 Å². The van der Waals surface area contributed by atoms with Crippen LogP contribution in [0.2, 0.25) is 0 Å². The summed E-state index contributed by atoms with van der Waals surface area (Å²) in [5.74, 6) is -0.448. The molecule has 0 aliphatic carbocycles. The van der Waals surface area contributed by atoms with E-state index in [1.165, 1.54) is 0 Å². The smallest absolute Gasteiger partial charge is 0.340 e. The van der Waals surface area contributed by atoms with Crippen LogP contribution in [-0.4, -0.2) is 95.5 Å². The molecule has 0 spiro atoms. The van der Waals surface area contributed by atoms with Crippen LogP contribution in [0.5, 0.6) is 11.5 Å². The molecule has 0 saturated heterocycles. The molecule has 0 aromatic heterocycles. The van der Waals surface area contributed by atoms with E-state index >= 15 is 0 Å². The minimum atomic E-state index is -1.47. The molecule has 258 valence electrons. The van der Waals surface area contributed by atoms with Crippen molar-refractivity contribution in [3.63, 3.8) is 0 Å². The van der Waals surface area contributed by atoms with Crippen molar-refractivity contribution in [2.24, 2.45) is 0 Å². The molecule has 3 heterocycles. The molecular weight excluding hydrogens is 624 g/mol. The monoisotopic (exact) mass is 666 g/mol. The highest BCUT2D eigenvalue weighted by atomic mass is 16.6. The number of carbonyl (C=O) groups excluding carboxylic acids is 1. The fourth-order valence-electron chi connectivity index (χ4n) is 6.02. The molecule has 0 amide bonds. The summed E-state index contributed by atoms with van der Waals surface area (Å²) in [5, 5.41) is 22.8. The highest BCUT2D eigenvalue weighted by Crippen LogP contribution is 2.49. The Balaban J connectivity index is 1.48. The Morgan fingerprint density at radius 3 is 1.19 bits per heavy atom. The first-order chi connectivity index (χ1) is 23.6. The van der Waals surface area contributed by atoms with Crippen LogP contribution in [0.3, 0.4) is 0 Å². The fraction of sp³-hybridized carbons (Fsp3) is 0.472. The zero-order chi connectivity index (χ0) is 33.2. The number of cyclic esters (lactones) is 1. The molecule has 3 aliphatic heterocycles. The summed E-state index contributed by atoms with van der Waals surface area (Å²) >= 11 is 0. The summed E-state index contributed by atoms with van der Waals surface area (Å²) in [5.41, 5.74) is 2.68. The summed E-state index contributed by atoms with van der Waals surface area (Å²) in [7, 11) is 0. The Morgan fingerprint density at radius 2 is 0.812 bits per heavy atom. The molecule has 0 atom stereocenters. The van der Waals surface area contributed by atoms with E-state index in [9.17, 15) is 15.0 Å². The van der Waals surface area contributed by atoms with Gasteiger partial charge in [0, 0.05) is 38.9 Å². The van der Waals surface area contributed by atoms with Gasteiger partial charge in [0.25, 0.3) is 0 Å². The lowest BCUT2D eigenvalue weighted by atomic mass is 9.77. The number of hydrogen-bond acceptors (Lipinski definition) is 12. The Labute approximate surface area is 279 Å². The number of aromatic hydroxyl groups is 2. The second-order valence-corrected chi connectivity index (χ2v) is 11.6.